The van der Waals surface area contributed by atoms with E-state index in [1.54, 1.807) is 0 Å². The second-order valence-corrected chi connectivity index (χ2v) is 5.90. The maximum Gasteiger partial charge on any atom is 0.407 e. The molecule has 0 aromatic heterocycles. The molecule has 17 heavy (non-hydrogen) atoms. The maximum absolute atomic E-state index is 11.3. The van der Waals surface area contributed by atoms with E-state index in [-0.39, 0.29) is 5.12 Å². The number of amides is 1. The molecule has 0 aromatic rings. The first-order valence-electron chi connectivity index (χ1n) is 5.97. The van der Waals surface area contributed by atoms with Crippen LogP contribution < -0.4 is 5.32 Å². The molecule has 0 heterocycles. The average Bonchev–Trinajstić information content (AvgIpc) is 2.19. The third-order valence-electron chi connectivity index (χ3n) is 1.69. The Hall–Kier alpha value is -0.710. The minimum absolute atomic E-state index is 0.192. The summed E-state index contributed by atoms with van der Waals surface area (Å²) in [6, 6.07) is 0. The van der Waals surface area contributed by atoms with E-state index in [0.717, 1.165) is 12.2 Å². The van der Waals surface area contributed by atoms with E-state index in [1.807, 2.05) is 27.7 Å². The number of carbonyl (C=O) groups is 2. The van der Waals surface area contributed by atoms with E-state index in [1.165, 1.54) is 11.8 Å². The summed E-state index contributed by atoms with van der Waals surface area (Å²) in [5.41, 5.74) is -0.475. The summed E-state index contributed by atoms with van der Waals surface area (Å²) in [5.74, 6) is 0.873. The lowest BCUT2D eigenvalue weighted by atomic mass is 10.2. The van der Waals surface area contributed by atoms with E-state index in [4.69, 9.17) is 4.74 Å². The number of hydrogen-bond donors (Lipinski definition) is 1. The Balaban J connectivity index is 3.51. The third kappa shape index (κ3) is 11.6. The van der Waals surface area contributed by atoms with Gasteiger partial charge in [0.05, 0.1) is 0 Å². The lowest BCUT2D eigenvalue weighted by Crippen LogP contribution is -2.33. The van der Waals surface area contributed by atoms with Crippen molar-refractivity contribution in [2.75, 3.05) is 12.3 Å². The van der Waals surface area contributed by atoms with Crippen molar-refractivity contribution in [3.8, 4) is 0 Å². The first kappa shape index (κ1) is 16.3. The van der Waals surface area contributed by atoms with Gasteiger partial charge in [-0.05, 0) is 33.6 Å². The van der Waals surface area contributed by atoms with Gasteiger partial charge in [-0.3, -0.25) is 4.79 Å². The predicted octanol–water partition coefficient (Wildman–Crippen LogP) is 2.96. The highest BCUT2D eigenvalue weighted by molar-refractivity contribution is 8.13. The Labute approximate surface area is 108 Å². The molecule has 0 unspecified atom stereocenters. The molecule has 0 saturated heterocycles. The van der Waals surface area contributed by atoms with Crippen molar-refractivity contribution in [2.24, 2.45) is 0 Å². The quantitative estimate of drug-likeness (QED) is 0.747. The van der Waals surface area contributed by atoms with E-state index in [2.05, 4.69) is 5.32 Å². The molecule has 0 fully saturated rings. The van der Waals surface area contributed by atoms with Gasteiger partial charge in [0, 0.05) is 18.7 Å². The van der Waals surface area contributed by atoms with Crippen LogP contribution >= 0.6 is 11.8 Å². The molecule has 0 radical (unpaired) electrons. The highest BCUT2D eigenvalue weighted by Crippen LogP contribution is 2.09. The van der Waals surface area contributed by atoms with Crippen LogP contribution in [0.4, 0.5) is 4.79 Å². The van der Waals surface area contributed by atoms with Gasteiger partial charge in [-0.2, -0.15) is 0 Å². The highest BCUT2D eigenvalue weighted by Gasteiger charge is 2.15. The Kier molecular flexibility index (Phi) is 8.04. The van der Waals surface area contributed by atoms with Crippen LogP contribution in [0.25, 0.3) is 0 Å². The minimum atomic E-state index is -0.475. The minimum Gasteiger partial charge on any atom is -0.444 e. The van der Waals surface area contributed by atoms with Gasteiger partial charge in [-0.15, -0.1) is 0 Å². The Morgan fingerprint density at radius 3 is 2.47 bits per heavy atom. The molecule has 0 aromatic carbocycles. The van der Waals surface area contributed by atoms with Crippen LogP contribution in [0.1, 0.15) is 47.0 Å². The molecule has 0 aliphatic carbocycles. The van der Waals surface area contributed by atoms with Crippen molar-refractivity contribution in [3.63, 3.8) is 0 Å². The molecule has 0 aliphatic heterocycles. The fourth-order valence-electron chi connectivity index (χ4n) is 1.03. The largest absolute Gasteiger partial charge is 0.444 e. The van der Waals surface area contributed by atoms with Crippen LogP contribution in [0.15, 0.2) is 0 Å². The molecule has 1 amide bonds. The smallest absolute Gasteiger partial charge is 0.407 e. The molecule has 0 rings (SSSR count). The summed E-state index contributed by atoms with van der Waals surface area (Å²) in [6.45, 7) is 7.98. The number of ether oxygens (including phenoxy) is 1. The number of rotatable bonds is 6. The first-order valence-corrected chi connectivity index (χ1v) is 6.96. The van der Waals surface area contributed by atoms with Crippen LogP contribution in [0.2, 0.25) is 0 Å². The van der Waals surface area contributed by atoms with Gasteiger partial charge in [0.1, 0.15) is 5.60 Å². The number of carbonyl (C=O) groups excluding carboxylic acids is 2. The van der Waals surface area contributed by atoms with E-state index >= 15 is 0 Å². The average molecular weight is 261 g/mol. The lowest BCUT2D eigenvalue weighted by Gasteiger charge is -2.19. The van der Waals surface area contributed by atoms with E-state index in [0.29, 0.717) is 19.4 Å². The molecule has 4 nitrogen and oxygen atoms in total. The molecular weight excluding hydrogens is 238 g/mol. The van der Waals surface area contributed by atoms with Crippen molar-refractivity contribution in [1.29, 1.82) is 0 Å². The van der Waals surface area contributed by atoms with Crippen molar-refractivity contribution >= 4 is 23.0 Å². The number of thioether (sulfide) groups is 1. The molecule has 1 N–H and O–H groups in total. The molecule has 0 bridgehead atoms. The van der Waals surface area contributed by atoms with Crippen LogP contribution in [0.3, 0.4) is 0 Å². The zero-order valence-corrected chi connectivity index (χ0v) is 12.0. The van der Waals surface area contributed by atoms with E-state index < -0.39 is 11.7 Å². The van der Waals surface area contributed by atoms with Crippen molar-refractivity contribution in [1.82, 2.24) is 5.32 Å². The molecule has 100 valence electrons. The molecule has 0 aliphatic rings. The molecule has 5 heteroatoms. The second kappa shape index (κ2) is 8.39. The summed E-state index contributed by atoms with van der Waals surface area (Å²) in [5, 5.41) is 2.82. The zero-order chi connectivity index (χ0) is 13.3. The lowest BCUT2D eigenvalue weighted by molar-refractivity contribution is -0.111. The second-order valence-electron chi connectivity index (χ2n) is 4.75. The van der Waals surface area contributed by atoms with Gasteiger partial charge in [-0.25, -0.2) is 4.79 Å². The van der Waals surface area contributed by atoms with Gasteiger partial charge in [0.25, 0.3) is 0 Å². The van der Waals surface area contributed by atoms with Gasteiger partial charge in [-0.1, -0.05) is 18.7 Å². The molecule has 0 spiro atoms. The van der Waals surface area contributed by atoms with Gasteiger partial charge in [0.15, 0.2) is 5.12 Å². The Morgan fingerprint density at radius 2 is 1.94 bits per heavy atom. The van der Waals surface area contributed by atoms with E-state index in [9.17, 15) is 9.59 Å². The fourth-order valence-corrected chi connectivity index (χ4v) is 1.75. The maximum atomic E-state index is 11.3. The summed E-state index contributed by atoms with van der Waals surface area (Å²) in [7, 11) is 0. The van der Waals surface area contributed by atoms with Gasteiger partial charge < -0.3 is 10.1 Å². The topological polar surface area (TPSA) is 55.4 Å². The SMILES string of the molecule is CCCSC(=O)CCCNC(=O)OC(C)(C)C. The number of hydrogen-bond acceptors (Lipinski definition) is 4. The predicted molar refractivity (Wildman–Crippen MR) is 71.2 cm³/mol. The highest BCUT2D eigenvalue weighted by atomic mass is 32.2. The monoisotopic (exact) mass is 261 g/mol. The standard InChI is InChI=1S/C12H23NO3S/c1-5-9-17-10(14)7-6-8-13-11(15)16-12(2,3)4/h5-9H2,1-4H3,(H,13,15). The van der Waals surface area contributed by atoms with Crippen LogP contribution in [-0.2, 0) is 9.53 Å². The van der Waals surface area contributed by atoms with Gasteiger partial charge in [0.2, 0.25) is 0 Å². The summed E-state index contributed by atoms with van der Waals surface area (Å²) < 4.78 is 5.07. The summed E-state index contributed by atoms with van der Waals surface area (Å²) in [4.78, 5) is 22.5. The van der Waals surface area contributed by atoms with Gasteiger partial charge >= 0.3 is 6.09 Å². The van der Waals surface area contributed by atoms with Crippen molar-refractivity contribution < 1.29 is 14.3 Å². The van der Waals surface area contributed by atoms with Crippen molar-refractivity contribution in [3.05, 3.63) is 0 Å². The normalized spacial score (nSPS) is 11.1. The molecule has 0 saturated carbocycles. The Bertz CT molecular complexity index is 249. The molecular formula is C12H23NO3S. The number of nitrogens with one attached hydrogen (secondary N) is 1. The van der Waals surface area contributed by atoms with Crippen molar-refractivity contribution in [2.45, 2.75) is 52.6 Å². The summed E-state index contributed by atoms with van der Waals surface area (Å²) in [6.07, 6.45) is 1.74. The van der Waals surface area contributed by atoms with Crippen LogP contribution in [-0.4, -0.2) is 29.1 Å². The Morgan fingerprint density at radius 1 is 1.29 bits per heavy atom. The van der Waals surface area contributed by atoms with Crippen LogP contribution in [0.5, 0.6) is 0 Å². The zero-order valence-electron chi connectivity index (χ0n) is 11.2. The molecule has 0 atom stereocenters. The number of alkyl carbamates (subject to hydrolysis) is 1. The van der Waals surface area contributed by atoms with Crippen LogP contribution in [0, 0.1) is 0 Å². The summed E-state index contributed by atoms with van der Waals surface area (Å²) >= 11 is 1.36. The first-order chi connectivity index (χ1) is 7.85. The fraction of sp³-hybridized carbons (Fsp3) is 0.833. The third-order valence-corrected chi connectivity index (χ3v) is 2.83.